The van der Waals surface area contributed by atoms with Gasteiger partial charge in [-0.2, -0.15) is 0 Å². The third-order valence-corrected chi connectivity index (χ3v) is 4.30. The van der Waals surface area contributed by atoms with E-state index in [9.17, 15) is 4.79 Å². The van der Waals surface area contributed by atoms with Crippen LogP contribution in [0, 0.1) is 0 Å². The summed E-state index contributed by atoms with van der Waals surface area (Å²) in [5, 5.41) is 3.42. The van der Waals surface area contributed by atoms with Crippen molar-refractivity contribution in [3.8, 4) is 0 Å². The van der Waals surface area contributed by atoms with Gasteiger partial charge in [0, 0.05) is 10.0 Å². The summed E-state index contributed by atoms with van der Waals surface area (Å²) in [6, 6.07) is 15.7. The molecule has 1 N–H and O–H groups in total. The molecular weight excluding hydrogens is 344 g/mol. The monoisotopic (exact) mass is 360 g/mol. The highest BCUT2D eigenvalue weighted by atomic mass is 79.9. The van der Waals surface area contributed by atoms with Crippen LogP contribution in [0.2, 0.25) is 0 Å². The molecule has 0 fully saturated rings. The van der Waals surface area contributed by atoms with Gasteiger partial charge in [-0.15, -0.1) is 0 Å². The van der Waals surface area contributed by atoms with E-state index in [2.05, 4.69) is 47.2 Å². The summed E-state index contributed by atoms with van der Waals surface area (Å²) < 4.78 is 7.78. The molecule has 4 nitrogen and oxygen atoms in total. The fourth-order valence-electron chi connectivity index (χ4n) is 2.42. The van der Waals surface area contributed by atoms with Crippen LogP contribution in [0.15, 0.2) is 62.2 Å². The fraction of sp³-hybridized carbons (Fsp3) is 0.235. The zero-order chi connectivity index (χ0) is 15.7. The number of hydrogen-bond donors (Lipinski definition) is 1. The lowest BCUT2D eigenvalue weighted by molar-refractivity contribution is 0.349. The van der Waals surface area contributed by atoms with Crippen LogP contribution in [0.4, 0.5) is 0 Å². The molecule has 22 heavy (non-hydrogen) atoms. The van der Waals surface area contributed by atoms with Crippen molar-refractivity contribution in [3.05, 3.63) is 69.1 Å². The first-order valence-corrected chi connectivity index (χ1v) is 7.86. The van der Waals surface area contributed by atoms with Gasteiger partial charge in [-0.3, -0.25) is 9.88 Å². The molecule has 1 aromatic heterocycles. The van der Waals surface area contributed by atoms with E-state index in [1.807, 2.05) is 30.3 Å². The SMILES string of the molecule is CC(C)(NCn1c(=O)oc2cc(Br)ccc21)c1ccccc1. The largest absolute Gasteiger partial charge is 0.421 e. The first-order chi connectivity index (χ1) is 10.5. The highest BCUT2D eigenvalue weighted by Gasteiger charge is 2.20. The first kappa shape index (κ1) is 15.1. The van der Waals surface area contributed by atoms with Crippen LogP contribution in [0.25, 0.3) is 11.1 Å². The van der Waals surface area contributed by atoms with E-state index in [1.54, 1.807) is 10.6 Å². The molecule has 3 rings (SSSR count). The van der Waals surface area contributed by atoms with Gasteiger partial charge in [-0.05, 0) is 37.6 Å². The minimum atomic E-state index is -0.357. The molecule has 5 heteroatoms. The Bertz CT molecular complexity index is 850. The maximum atomic E-state index is 12.0. The van der Waals surface area contributed by atoms with Crippen LogP contribution in [-0.4, -0.2) is 4.57 Å². The van der Waals surface area contributed by atoms with Crippen molar-refractivity contribution in [1.82, 2.24) is 9.88 Å². The summed E-state index contributed by atoms with van der Waals surface area (Å²) in [6.45, 7) is 4.56. The molecule has 0 atom stereocenters. The smallest absolute Gasteiger partial charge is 0.408 e. The van der Waals surface area contributed by atoms with E-state index < -0.39 is 0 Å². The zero-order valence-corrected chi connectivity index (χ0v) is 14.1. The molecule has 114 valence electrons. The van der Waals surface area contributed by atoms with E-state index in [4.69, 9.17) is 4.42 Å². The minimum Gasteiger partial charge on any atom is -0.408 e. The third-order valence-electron chi connectivity index (χ3n) is 3.80. The number of benzene rings is 2. The standard InChI is InChI=1S/C17H17BrN2O2/c1-17(2,12-6-4-3-5-7-12)19-11-20-14-9-8-13(18)10-15(14)22-16(20)21/h3-10,19H,11H2,1-2H3. The van der Waals surface area contributed by atoms with Crippen LogP contribution in [0.3, 0.4) is 0 Å². The van der Waals surface area contributed by atoms with Crippen molar-refractivity contribution in [2.45, 2.75) is 26.1 Å². The maximum Gasteiger partial charge on any atom is 0.421 e. The highest BCUT2D eigenvalue weighted by Crippen LogP contribution is 2.21. The Morgan fingerprint density at radius 3 is 2.64 bits per heavy atom. The lowest BCUT2D eigenvalue weighted by Gasteiger charge is -2.27. The Morgan fingerprint density at radius 2 is 1.91 bits per heavy atom. The van der Waals surface area contributed by atoms with Crippen molar-refractivity contribution in [2.75, 3.05) is 0 Å². The summed E-state index contributed by atoms with van der Waals surface area (Å²) in [4.78, 5) is 12.0. The minimum absolute atomic E-state index is 0.250. The van der Waals surface area contributed by atoms with E-state index >= 15 is 0 Å². The number of halogens is 1. The predicted octanol–water partition coefficient (Wildman–Crippen LogP) is 3.84. The summed E-state index contributed by atoms with van der Waals surface area (Å²) in [7, 11) is 0. The number of nitrogens with one attached hydrogen (secondary N) is 1. The lowest BCUT2D eigenvalue weighted by atomic mass is 9.95. The average Bonchev–Trinajstić information content (AvgIpc) is 2.80. The van der Waals surface area contributed by atoms with Crippen LogP contribution < -0.4 is 11.1 Å². The molecule has 0 saturated carbocycles. The highest BCUT2D eigenvalue weighted by molar-refractivity contribution is 9.10. The second-order valence-electron chi connectivity index (χ2n) is 5.73. The zero-order valence-electron chi connectivity index (χ0n) is 12.5. The summed E-state index contributed by atoms with van der Waals surface area (Å²) in [5.74, 6) is -0.357. The summed E-state index contributed by atoms with van der Waals surface area (Å²) >= 11 is 3.38. The van der Waals surface area contributed by atoms with Gasteiger partial charge in [-0.25, -0.2) is 4.79 Å². The van der Waals surface area contributed by atoms with E-state index in [0.29, 0.717) is 12.3 Å². The third kappa shape index (κ3) is 2.87. The number of fused-ring (bicyclic) bond motifs is 1. The Kier molecular flexibility index (Phi) is 3.93. The Labute approximate surface area is 136 Å². The van der Waals surface area contributed by atoms with Crippen LogP contribution in [-0.2, 0) is 12.2 Å². The molecule has 0 unspecified atom stereocenters. The van der Waals surface area contributed by atoms with E-state index in [1.165, 1.54) is 5.56 Å². The van der Waals surface area contributed by atoms with Gasteiger partial charge in [0.25, 0.3) is 0 Å². The predicted molar refractivity (Wildman–Crippen MR) is 90.8 cm³/mol. The number of hydrogen-bond acceptors (Lipinski definition) is 3. The van der Waals surface area contributed by atoms with Gasteiger partial charge in [-0.1, -0.05) is 46.3 Å². The molecule has 0 spiro atoms. The number of aromatic nitrogens is 1. The quantitative estimate of drug-likeness (QED) is 0.768. The molecule has 0 aliphatic carbocycles. The topological polar surface area (TPSA) is 47.2 Å². The second-order valence-corrected chi connectivity index (χ2v) is 6.65. The van der Waals surface area contributed by atoms with Crippen molar-refractivity contribution >= 4 is 27.0 Å². The van der Waals surface area contributed by atoms with Gasteiger partial charge in [0.15, 0.2) is 5.58 Å². The van der Waals surface area contributed by atoms with Gasteiger partial charge in [0.1, 0.15) is 0 Å². The molecule has 0 saturated heterocycles. The van der Waals surface area contributed by atoms with Crippen molar-refractivity contribution in [2.24, 2.45) is 0 Å². The van der Waals surface area contributed by atoms with Crippen LogP contribution >= 0.6 is 15.9 Å². The molecular formula is C17H17BrN2O2. The fourth-order valence-corrected chi connectivity index (χ4v) is 2.76. The lowest BCUT2D eigenvalue weighted by Crippen LogP contribution is -2.39. The number of nitrogens with zero attached hydrogens (tertiary/aromatic N) is 1. The summed E-state index contributed by atoms with van der Waals surface area (Å²) in [6.07, 6.45) is 0. The van der Waals surface area contributed by atoms with Crippen LogP contribution in [0.1, 0.15) is 19.4 Å². The van der Waals surface area contributed by atoms with Crippen LogP contribution in [0.5, 0.6) is 0 Å². The van der Waals surface area contributed by atoms with E-state index in [0.717, 1.165) is 9.99 Å². The van der Waals surface area contributed by atoms with Crippen molar-refractivity contribution in [1.29, 1.82) is 0 Å². The Morgan fingerprint density at radius 1 is 1.18 bits per heavy atom. The normalized spacial score (nSPS) is 12.0. The molecule has 0 radical (unpaired) electrons. The molecule has 3 aromatic rings. The maximum absolute atomic E-state index is 12.0. The molecule has 1 heterocycles. The molecule has 2 aromatic carbocycles. The Hall–Kier alpha value is -1.85. The Balaban J connectivity index is 1.88. The molecule has 0 aliphatic rings. The van der Waals surface area contributed by atoms with Gasteiger partial charge in [0.2, 0.25) is 0 Å². The average molecular weight is 361 g/mol. The number of oxazole rings is 1. The molecule has 0 bridgehead atoms. The van der Waals surface area contributed by atoms with Gasteiger partial charge >= 0.3 is 5.76 Å². The first-order valence-electron chi connectivity index (χ1n) is 7.07. The molecule has 0 amide bonds. The van der Waals surface area contributed by atoms with Gasteiger partial charge in [0.05, 0.1) is 12.2 Å². The van der Waals surface area contributed by atoms with Crippen molar-refractivity contribution < 1.29 is 4.42 Å². The van der Waals surface area contributed by atoms with Crippen molar-refractivity contribution in [3.63, 3.8) is 0 Å². The molecule has 0 aliphatic heterocycles. The number of rotatable bonds is 4. The van der Waals surface area contributed by atoms with Gasteiger partial charge < -0.3 is 4.42 Å². The van der Waals surface area contributed by atoms with E-state index in [-0.39, 0.29) is 11.3 Å². The summed E-state index contributed by atoms with van der Waals surface area (Å²) in [5.41, 5.74) is 2.28. The second kappa shape index (κ2) is 5.74.